The Morgan fingerprint density at radius 2 is 0.343 bits per heavy atom. The molecule has 0 aliphatic rings. The zero-order valence-electron chi connectivity index (χ0n) is 66.4. The first-order valence-electron chi connectivity index (χ1n) is 43.3. The molecule has 15 nitrogen and oxygen atoms in total. The summed E-state index contributed by atoms with van der Waals surface area (Å²) < 4.78 is 0. The Hall–Kier alpha value is -3.14. The quantitative estimate of drug-likeness (QED) is 0.0291. The van der Waals surface area contributed by atoms with Crippen molar-refractivity contribution in [3.05, 3.63) is 0 Å². The highest BCUT2D eigenvalue weighted by atomic mass is 16.2. The Morgan fingerprint density at radius 1 is 0.202 bits per heavy atom. The lowest BCUT2D eigenvalue weighted by atomic mass is 10.1. The minimum atomic E-state index is 0.0475. The Morgan fingerprint density at radius 3 is 0.505 bits per heavy atom. The molecule has 0 saturated carbocycles. The first-order chi connectivity index (χ1) is 48.6. The molecular formula is C84H167N9O6. The molecule has 0 heterocycles. The smallest absolute Gasteiger partial charge is 0.221 e. The zero-order chi connectivity index (χ0) is 72.1. The second-order valence-electron chi connectivity index (χ2n) is 29.7. The Balaban J connectivity index is 6.21. The fourth-order valence-corrected chi connectivity index (χ4v) is 13.4. The van der Waals surface area contributed by atoms with Gasteiger partial charge < -0.3 is 51.0 Å². The number of nitrogens with one attached hydrogen (secondary N) is 5. The van der Waals surface area contributed by atoms with Crippen LogP contribution < -0.4 is 26.6 Å². The van der Waals surface area contributed by atoms with Crippen molar-refractivity contribution in [1.82, 2.24) is 46.2 Å². The van der Waals surface area contributed by atoms with E-state index in [1.165, 1.54) is 257 Å². The third kappa shape index (κ3) is 73.0. The molecule has 0 aliphatic carbocycles. The van der Waals surface area contributed by atoms with Crippen molar-refractivity contribution in [2.24, 2.45) is 0 Å². The topological polar surface area (TPSA) is 176 Å². The van der Waals surface area contributed by atoms with E-state index >= 15 is 0 Å². The van der Waals surface area contributed by atoms with Crippen LogP contribution in [-0.2, 0) is 28.8 Å². The van der Waals surface area contributed by atoms with Crippen molar-refractivity contribution in [2.45, 2.75) is 394 Å². The summed E-state index contributed by atoms with van der Waals surface area (Å²) in [6.45, 7) is 22.0. The van der Waals surface area contributed by atoms with Gasteiger partial charge in [-0.3, -0.25) is 24.0 Å². The second kappa shape index (κ2) is 79.0. The van der Waals surface area contributed by atoms with Crippen molar-refractivity contribution < 1.29 is 28.8 Å². The maximum Gasteiger partial charge on any atom is 0.221 e. The fraction of sp³-hybridized carbons (Fsp3) is 0.929. The van der Waals surface area contributed by atoms with E-state index in [9.17, 15) is 28.8 Å². The van der Waals surface area contributed by atoms with Gasteiger partial charge in [-0.15, -0.1) is 0 Å². The average molecular weight is 1400 g/mol. The van der Waals surface area contributed by atoms with Crippen LogP contribution in [0, 0.1) is 0 Å². The summed E-state index contributed by atoms with van der Waals surface area (Å²) in [4.78, 5) is 88.3. The first-order valence-corrected chi connectivity index (χ1v) is 43.3. The number of carbonyl (C=O) groups is 6. The van der Waals surface area contributed by atoms with Gasteiger partial charge in [-0.1, -0.05) is 324 Å². The average Bonchev–Trinajstić information content (AvgIpc) is 1.37. The molecule has 0 unspecified atom stereocenters. The molecule has 0 atom stereocenters. The molecule has 0 radical (unpaired) electrons. The predicted molar refractivity (Wildman–Crippen MR) is 424 cm³/mol. The highest BCUT2D eigenvalue weighted by Gasteiger charge is 2.18. The number of nitrogens with zero attached hydrogens (tertiary/aromatic N) is 4. The molecular weight excluding hydrogens is 1230 g/mol. The van der Waals surface area contributed by atoms with Gasteiger partial charge >= 0.3 is 0 Å². The van der Waals surface area contributed by atoms with Crippen LogP contribution in [0.1, 0.15) is 394 Å². The van der Waals surface area contributed by atoms with Crippen molar-refractivity contribution in [3.63, 3.8) is 0 Å². The number of unbranched alkanes of at least 4 members (excludes halogenated alkanes) is 45. The molecule has 0 bridgehead atoms. The SMILES string of the molecule is CCCCCCCCCCCCNC(=O)CCN(CCC(=O)NCCCCCCCCCCCC)CCN(CCC=O)CCN(CCC(=O)NCCCCCCCCCCCC)CCN(CCC(=O)NCCCCCCCCCCCC)CCC(=O)NCCCCCCCCCCCC. The lowest BCUT2D eigenvalue weighted by Gasteiger charge is -2.31. The summed E-state index contributed by atoms with van der Waals surface area (Å²) in [5.41, 5.74) is 0. The zero-order valence-corrected chi connectivity index (χ0v) is 66.4. The fourth-order valence-electron chi connectivity index (χ4n) is 13.4. The van der Waals surface area contributed by atoms with E-state index in [1.54, 1.807) is 0 Å². The molecule has 0 aromatic rings. The summed E-state index contributed by atoms with van der Waals surface area (Å²) in [6.07, 6.45) is 65.7. The minimum absolute atomic E-state index is 0.0475. The molecule has 0 saturated heterocycles. The highest BCUT2D eigenvalue weighted by molar-refractivity contribution is 5.77. The van der Waals surface area contributed by atoms with Crippen molar-refractivity contribution in [1.29, 1.82) is 0 Å². The maximum absolute atomic E-state index is 13.6. The lowest BCUT2D eigenvalue weighted by Crippen LogP contribution is -2.44. The monoisotopic (exact) mass is 1400 g/mol. The minimum Gasteiger partial charge on any atom is -0.356 e. The van der Waals surface area contributed by atoms with Gasteiger partial charge in [0.15, 0.2) is 0 Å². The van der Waals surface area contributed by atoms with Crippen LogP contribution in [0.25, 0.3) is 0 Å². The van der Waals surface area contributed by atoms with E-state index in [0.717, 1.165) is 70.5 Å². The van der Waals surface area contributed by atoms with Crippen molar-refractivity contribution in [3.8, 4) is 0 Å². The normalized spacial score (nSPS) is 11.6. The maximum atomic E-state index is 13.6. The van der Waals surface area contributed by atoms with Gasteiger partial charge in [0.2, 0.25) is 29.5 Å². The van der Waals surface area contributed by atoms with Gasteiger partial charge in [0.1, 0.15) is 6.29 Å². The van der Waals surface area contributed by atoms with Crippen LogP contribution in [-0.4, -0.2) is 167 Å². The molecule has 5 N–H and O–H groups in total. The Labute approximate surface area is 613 Å². The summed E-state index contributed by atoms with van der Waals surface area (Å²) in [6, 6.07) is 0. The molecule has 15 heteroatoms. The second-order valence-corrected chi connectivity index (χ2v) is 29.7. The van der Waals surface area contributed by atoms with E-state index in [2.05, 4.69) is 80.8 Å². The van der Waals surface area contributed by atoms with E-state index in [1.807, 2.05) is 0 Å². The van der Waals surface area contributed by atoms with Crippen LogP contribution in [0.15, 0.2) is 0 Å². The molecule has 0 aromatic heterocycles. The first kappa shape index (κ1) is 95.9. The summed E-state index contributed by atoms with van der Waals surface area (Å²) in [5.74, 6) is 0.247. The van der Waals surface area contributed by atoms with Gasteiger partial charge in [0.25, 0.3) is 0 Å². The number of carbonyl (C=O) groups excluding carboxylic acids is 6. The lowest BCUT2D eigenvalue weighted by molar-refractivity contribution is -0.123. The molecule has 0 aromatic carbocycles. The van der Waals surface area contributed by atoms with Gasteiger partial charge in [0.05, 0.1) is 0 Å². The van der Waals surface area contributed by atoms with Crippen LogP contribution in [0.4, 0.5) is 0 Å². The molecule has 0 aliphatic heterocycles. The summed E-state index contributed by atoms with van der Waals surface area (Å²) in [5, 5.41) is 16.0. The van der Waals surface area contributed by atoms with E-state index in [-0.39, 0.29) is 29.5 Å². The van der Waals surface area contributed by atoms with Gasteiger partial charge in [0, 0.05) is 150 Å². The highest BCUT2D eigenvalue weighted by Crippen LogP contribution is 2.16. The van der Waals surface area contributed by atoms with E-state index in [0.29, 0.717) is 150 Å². The summed E-state index contributed by atoms with van der Waals surface area (Å²) >= 11 is 0. The van der Waals surface area contributed by atoms with Gasteiger partial charge in [-0.25, -0.2) is 0 Å². The predicted octanol–water partition coefficient (Wildman–Crippen LogP) is 18.9. The molecule has 5 amide bonds. The third-order valence-electron chi connectivity index (χ3n) is 20.3. The van der Waals surface area contributed by atoms with E-state index < -0.39 is 0 Å². The molecule has 0 fully saturated rings. The van der Waals surface area contributed by atoms with Gasteiger partial charge in [-0.05, 0) is 32.1 Å². The Bertz CT molecular complexity index is 1680. The van der Waals surface area contributed by atoms with Crippen molar-refractivity contribution in [2.75, 3.05) is 111 Å². The molecule has 584 valence electrons. The summed E-state index contributed by atoms with van der Waals surface area (Å²) in [7, 11) is 0. The largest absolute Gasteiger partial charge is 0.356 e. The number of hydrogen-bond donors (Lipinski definition) is 5. The number of rotatable bonds is 82. The molecule has 99 heavy (non-hydrogen) atoms. The van der Waals surface area contributed by atoms with Gasteiger partial charge in [-0.2, -0.15) is 0 Å². The molecule has 0 rings (SSSR count). The van der Waals surface area contributed by atoms with Crippen LogP contribution in [0.2, 0.25) is 0 Å². The standard InChI is InChI=1S/C84H167N9O6/c1-6-11-16-21-26-31-36-41-46-51-62-85-80(95)57-68-91(69-58-81(96)86-63-52-47-42-37-32-27-22-17-12-7-2)75-73-90(67-56-79-94)74-77-93(72-61-84(99)89-66-55-50-45-40-35-30-25-20-15-10-5)78-76-92(70-59-82(97)87-64-53-48-43-38-33-28-23-18-13-8-3)71-60-83(98)88-65-54-49-44-39-34-29-24-19-14-9-4/h79H,6-78H2,1-5H3,(H,85,95)(H,86,96)(H,87,97)(H,88,98)(H,89,99). The number of hydrogen-bond acceptors (Lipinski definition) is 10. The van der Waals surface area contributed by atoms with Crippen LogP contribution in [0.3, 0.4) is 0 Å². The van der Waals surface area contributed by atoms with Crippen LogP contribution >= 0.6 is 0 Å². The van der Waals surface area contributed by atoms with Crippen LogP contribution in [0.5, 0.6) is 0 Å². The number of aldehydes is 1. The Kier molecular flexibility index (Phi) is 76.5. The van der Waals surface area contributed by atoms with E-state index in [4.69, 9.17) is 0 Å². The van der Waals surface area contributed by atoms with Crippen molar-refractivity contribution >= 4 is 35.8 Å². The third-order valence-corrected chi connectivity index (χ3v) is 20.3. The number of amides is 5. The molecule has 0 spiro atoms.